The Balaban J connectivity index is 1.49. The van der Waals surface area contributed by atoms with E-state index in [1.807, 2.05) is 18.2 Å². The summed E-state index contributed by atoms with van der Waals surface area (Å²) < 4.78 is 5.40. The van der Waals surface area contributed by atoms with Gasteiger partial charge in [-0.1, -0.05) is 48.6 Å². The summed E-state index contributed by atoms with van der Waals surface area (Å²) in [4.78, 5) is 28.2. The van der Waals surface area contributed by atoms with Gasteiger partial charge in [0.15, 0.2) is 0 Å². The van der Waals surface area contributed by atoms with Gasteiger partial charge in [0, 0.05) is 11.8 Å². The Bertz CT molecular complexity index is 939. The second-order valence-electron chi connectivity index (χ2n) is 8.00. The Morgan fingerprint density at radius 3 is 1.89 bits per heavy atom. The summed E-state index contributed by atoms with van der Waals surface area (Å²) in [6.45, 7) is 0.231. The molecule has 134 valence electrons. The Labute approximate surface area is 157 Å². The van der Waals surface area contributed by atoms with E-state index >= 15 is 0 Å². The lowest BCUT2D eigenvalue weighted by atomic mass is 9.48. The van der Waals surface area contributed by atoms with Crippen LogP contribution in [0, 0.1) is 23.7 Å². The minimum Gasteiger partial charge on any atom is -0.467 e. The molecule has 2 fully saturated rings. The van der Waals surface area contributed by atoms with Crippen LogP contribution in [0.2, 0.25) is 0 Å². The van der Waals surface area contributed by atoms with Gasteiger partial charge in [-0.3, -0.25) is 14.5 Å². The van der Waals surface area contributed by atoms with Gasteiger partial charge < -0.3 is 4.42 Å². The van der Waals surface area contributed by atoms with E-state index in [2.05, 4.69) is 36.4 Å². The molecule has 1 saturated heterocycles. The number of allylic oxidation sites excluding steroid dienone is 4. The second kappa shape index (κ2) is 5.32. The van der Waals surface area contributed by atoms with Crippen molar-refractivity contribution in [3.8, 4) is 0 Å². The minimum absolute atomic E-state index is 0.0349. The van der Waals surface area contributed by atoms with Crippen molar-refractivity contribution in [2.75, 3.05) is 0 Å². The van der Waals surface area contributed by atoms with Gasteiger partial charge in [0.2, 0.25) is 11.8 Å². The number of benzene rings is 1. The maximum atomic E-state index is 13.4. The average Bonchev–Trinajstić information content (AvgIpc) is 3.31. The van der Waals surface area contributed by atoms with E-state index in [1.165, 1.54) is 16.0 Å². The summed E-state index contributed by atoms with van der Waals surface area (Å²) in [6, 6.07) is 12.0. The van der Waals surface area contributed by atoms with Crippen molar-refractivity contribution in [2.24, 2.45) is 23.7 Å². The molecule has 2 aromatic rings. The van der Waals surface area contributed by atoms with Crippen LogP contribution < -0.4 is 0 Å². The smallest absolute Gasteiger partial charge is 0.234 e. The van der Waals surface area contributed by atoms with E-state index in [1.54, 1.807) is 12.3 Å². The Morgan fingerprint density at radius 2 is 1.37 bits per heavy atom. The van der Waals surface area contributed by atoms with Crippen molar-refractivity contribution in [3.05, 3.63) is 83.9 Å². The molecule has 1 saturated carbocycles. The normalized spacial score (nSPS) is 35.3. The summed E-state index contributed by atoms with van der Waals surface area (Å²) >= 11 is 0. The first kappa shape index (κ1) is 15.2. The highest BCUT2D eigenvalue weighted by Crippen LogP contribution is 2.64. The molecule has 7 rings (SSSR count). The van der Waals surface area contributed by atoms with E-state index < -0.39 is 0 Å². The Hall–Kier alpha value is -2.88. The van der Waals surface area contributed by atoms with Crippen LogP contribution in [0.3, 0.4) is 0 Å². The summed E-state index contributed by atoms with van der Waals surface area (Å²) in [5.41, 5.74) is 2.51. The predicted octanol–water partition coefficient (Wildman–Crippen LogP) is 3.63. The van der Waals surface area contributed by atoms with Crippen LogP contribution in [0.15, 0.2) is 71.4 Å². The van der Waals surface area contributed by atoms with Gasteiger partial charge >= 0.3 is 0 Å². The zero-order valence-corrected chi connectivity index (χ0v) is 14.7. The van der Waals surface area contributed by atoms with Crippen LogP contribution >= 0.6 is 0 Å². The number of likely N-dealkylation sites (tertiary alicyclic amines) is 1. The highest BCUT2D eigenvalue weighted by atomic mass is 16.3. The van der Waals surface area contributed by atoms with Crippen molar-refractivity contribution in [1.29, 1.82) is 0 Å². The van der Waals surface area contributed by atoms with Crippen LogP contribution in [0.5, 0.6) is 0 Å². The third kappa shape index (κ3) is 1.88. The van der Waals surface area contributed by atoms with Crippen LogP contribution in [0.25, 0.3) is 0 Å². The first-order chi connectivity index (χ1) is 13.3. The molecule has 0 unspecified atom stereocenters. The van der Waals surface area contributed by atoms with Crippen molar-refractivity contribution < 1.29 is 14.0 Å². The number of imide groups is 1. The van der Waals surface area contributed by atoms with Gasteiger partial charge in [-0.15, -0.1) is 0 Å². The standard InChI is InChI=1S/C23H19NO3/c25-22-20-18-14-7-1-2-8-15(14)19(17-10-4-3-9-16(17)18)21(20)23(26)24(22)12-13-6-5-11-27-13/h1-11,14-15,18-21H,12H2/t14-,15+,18-,19-,20+,21-/m0/s1. The molecule has 1 aromatic carbocycles. The highest BCUT2D eigenvalue weighted by Gasteiger charge is 2.64. The lowest BCUT2D eigenvalue weighted by molar-refractivity contribution is -0.141. The number of furan rings is 1. The fraction of sp³-hybridized carbons (Fsp3) is 0.304. The summed E-state index contributed by atoms with van der Waals surface area (Å²) in [7, 11) is 0. The molecule has 5 aliphatic rings. The topological polar surface area (TPSA) is 50.5 Å². The van der Waals surface area contributed by atoms with E-state index in [-0.39, 0.29) is 53.9 Å². The summed E-state index contributed by atoms with van der Waals surface area (Å²) in [5, 5.41) is 0. The Morgan fingerprint density at radius 1 is 0.778 bits per heavy atom. The van der Waals surface area contributed by atoms with Crippen molar-refractivity contribution in [2.45, 2.75) is 18.4 Å². The maximum Gasteiger partial charge on any atom is 0.234 e. The number of rotatable bonds is 2. The van der Waals surface area contributed by atoms with E-state index in [0.29, 0.717) is 5.76 Å². The van der Waals surface area contributed by atoms with E-state index in [0.717, 1.165) is 0 Å². The molecule has 0 radical (unpaired) electrons. The summed E-state index contributed by atoms with van der Waals surface area (Å²) in [5.74, 6) is 0.778. The quantitative estimate of drug-likeness (QED) is 0.771. The largest absolute Gasteiger partial charge is 0.467 e. The molecule has 2 heterocycles. The van der Waals surface area contributed by atoms with Gasteiger partial charge in [0.1, 0.15) is 5.76 Å². The molecule has 4 aliphatic carbocycles. The molecule has 2 amide bonds. The third-order valence-corrected chi connectivity index (χ3v) is 6.92. The van der Waals surface area contributed by atoms with Crippen LogP contribution in [0.4, 0.5) is 0 Å². The minimum atomic E-state index is -0.259. The number of carbonyl (C=O) groups is 2. The van der Waals surface area contributed by atoms with Gasteiger partial charge in [-0.05, 0) is 35.1 Å². The van der Waals surface area contributed by atoms with E-state index in [4.69, 9.17) is 4.42 Å². The van der Waals surface area contributed by atoms with Crippen LogP contribution in [-0.4, -0.2) is 16.7 Å². The van der Waals surface area contributed by atoms with Crippen LogP contribution in [0.1, 0.15) is 28.7 Å². The predicted molar refractivity (Wildman–Crippen MR) is 98.4 cm³/mol. The molecule has 6 atom stereocenters. The van der Waals surface area contributed by atoms with Gasteiger partial charge in [-0.25, -0.2) is 0 Å². The fourth-order valence-corrected chi connectivity index (χ4v) is 6.00. The molecule has 1 aliphatic heterocycles. The SMILES string of the molecule is O=C1[C@@H]2[C@H](C(=O)N1Cc1ccco1)[C@@H]1c3ccccc3[C@@H]2[C@@H]2C=CC=C[C@@H]21. The van der Waals surface area contributed by atoms with Crippen molar-refractivity contribution >= 4 is 11.8 Å². The molecule has 1 aromatic heterocycles. The second-order valence-corrected chi connectivity index (χ2v) is 8.00. The first-order valence-corrected chi connectivity index (χ1v) is 9.57. The first-order valence-electron chi connectivity index (χ1n) is 9.57. The van der Waals surface area contributed by atoms with E-state index in [9.17, 15) is 9.59 Å². The molecular formula is C23H19NO3. The molecule has 4 nitrogen and oxygen atoms in total. The fourth-order valence-electron chi connectivity index (χ4n) is 6.00. The molecule has 2 bridgehead atoms. The van der Waals surface area contributed by atoms with Crippen molar-refractivity contribution in [3.63, 3.8) is 0 Å². The average molecular weight is 357 g/mol. The molecule has 27 heavy (non-hydrogen) atoms. The zero-order valence-electron chi connectivity index (χ0n) is 14.7. The Kier molecular flexibility index (Phi) is 2.99. The monoisotopic (exact) mass is 357 g/mol. The number of carbonyl (C=O) groups excluding carboxylic acids is 2. The number of hydrogen-bond acceptors (Lipinski definition) is 3. The third-order valence-electron chi connectivity index (χ3n) is 6.92. The maximum absolute atomic E-state index is 13.4. The highest BCUT2D eigenvalue weighted by molar-refractivity contribution is 6.06. The number of hydrogen-bond donors (Lipinski definition) is 0. The van der Waals surface area contributed by atoms with Gasteiger partial charge in [0.25, 0.3) is 0 Å². The lowest BCUT2D eigenvalue weighted by Gasteiger charge is -2.53. The molecular weight excluding hydrogens is 338 g/mol. The van der Waals surface area contributed by atoms with Crippen molar-refractivity contribution in [1.82, 2.24) is 4.90 Å². The number of amides is 2. The zero-order chi connectivity index (χ0) is 18.1. The van der Waals surface area contributed by atoms with Gasteiger partial charge in [-0.2, -0.15) is 0 Å². The molecule has 4 heteroatoms. The molecule has 0 spiro atoms. The van der Waals surface area contributed by atoms with Crippen LogP contribution in [-0.2, 0) is 16.1 Å². The number of nitrogens with zero attached hydrogens (tertiary/aromatic N) is 1. The lowest BCUT2D eigenvalue weighted by Crippen LogP contribution is -2.49. The van der Waals surface area contributed by atoms with Gasteiger partial charge in [0.05, 0.1) is 24.6 Å². The summed E-state index contributed by atoms with van der Waals surface area (Å²) in [6.07, 6.45) is 10.2. The molecule has 0 N–H and O–H groups in total.